The van der Waals surface area contributed by atoms with Gasteiger partial charge in [0.05, 0.1) is 37.8 Å². The zero-order valence-corrected chi connectivity index (χ0v) is 18.2. The van der Waals surface area contributed by atoms with Crippen LogP contribution in [0.15, 0.2) is 42.5 Å². The summed E-state index contributed by atoms with van der Waals surface area (Å²) in [6, 6.07) is 8.27. The monoisotopic (exact) mass is 460 g/mol. The molecule has 2 rings (SSSR count). The molecule has 0 heterocycles. The van der Waals surface area contributed by atoms with Crippen LogP contribution in [0.25, 0.3) is 0 Å². The van der Waals surface area contributed by atoms with Crippen LogP contribution in [-0.4, -0.2) is 41.3 Å². The van der Waals surface area contributed by atoms with E-state index in [1.807, 2.05) is 0 Å². The first-order chi connectivity index (χ1) is 14.4. The van der Waals surface area contributed by atoms with Crippen molar-refractivity contribution in [3.05, 3.63) is 53.6 Å². The number of carbonyl (C=O) groups excluding carboxylic acids is 1. The zero-order valence-electron chi connectivity index (χ0n) is 17.4. The first kappa shape index (κ1) is 24.3. The summed E-state index contributed by atoms with van der Waals surface area (Å²) in [7, 11) is -1.08. The van der Waals surface area contributed by atoms with Gasteiger partial charge in [-0.1, -0.05) is 12.1 Å². The van der Waals surface area contributed by atoms with Crippen molar-refractivity contribution in [1.82, 2.24) is 5.32 Å². The minimum absolute atomic E-state index is 0.258. The van der Waals surface area contributed by atoms with Crippen molar-refractivity contribution < 1.29 is 35.9 Å². The SMILES string of the molecule is COc1ccc(C(C)NC(=O)CN(c2cccc(C(F)(F)F)c2)S(C)(=O)=O)cc1OC. The van der Waals surface area contributed by atoms with E-state index >= 15 is 0 Å². The first-order valence-electron chi connectivity index (χ1n) is 9.03. The van der Waals surface area contributed by atoms with Crippen molar-refractivity contribution in [2.75, 3.05) is 31.3 Å². The molecule has 0 radical (unpaired) electrons. The predicted molar refractivity (Wildman–Crippen MR) is 110 cm³/mol. The molecule has 1 atom stereocenters. The lowest BCUT2D eigenvalue weighted by atomic mass is 10.1. The van der Waals surface area contributed by atoms with E-state index in [4.69, 9.17) is 9.47 Å². The molecule has 0 spiro atoms. The van der Waals surface area contributed by atoms with Crippen LogP contribution in [0.4, 0.5) is 18.9 Å². The van der Waals surface area contributed by atoms with Crippen LogP contribution in [0.2, 0.25) is 0 Å². The molecule has 1 N–H and O–H groups in total. The highest BCUT2D eigenvalue weighted by molar-refractivity contribution is 7.92. The van der Waals surface area contributed by atoms with Crippen molar-refractivity contribution >= 4 is 21.6 Å². The molecule has 11 heteroatoms. The minimum atomic E-state index is -4.65. The van der Waals surface area contributed by atoms with Gasteiger partial charge in [0.1, 0.15) is 6.54 Å². The van der Waals surface area contributed by atoms with Gasteiger partial charge in [-0.2, -0.15) is 13.2 Å². The van der Waals surface area contributed by atoms with Gasteiger partial charge in [-0.25, -0.2) is 8.42 Å². The molecule has 0 aromatic heterocycles. The lowest BCUT2D eigenvalue weighted by Crippen LogP contribution is -2.41. The van der Waals surface area contributed by atoms with Crippen LogP contribution in [0.5, 0.6) is 11.5 Å². The van der Waals surface area contributed by atoms with E-state index in [0.29, 0.717) is 27.4 Å². The van der Waals surface area contributed by atoms with Gasteiger partial charge < -0.3 is 14.8 Å². The number of rotatable bonds is 8. The Hall–Kier alpha value is -2.95. The van der Waals surface area contributed by atoms with Gasteiger partial charge in [-0.15, -0.1) is 0 Å². The molecule has 31 heavy (non-hydrogen) atoms. The molecule has 0 bridgehead atoms. The smallest absolute Gasteiger partial charge is 0.416 e. The molecule has 1 amide bonds. The number of hydrogen-bond acceptors (Lipinski definition) is 5. The predicted octanol–water partition coefficient (Wildman–Crippen LogP) is 3.37. The van der Waals surface area contributed by atoms with Crippen molar-refractivity contribution in [2.24, 2.45) is 0 Å². The summed E-state index contributed by atoms with van der Waals surface area (Å²) in [6.45, 7) is 0.992. The molecule has 2 aromatic carbocycles. The number of hydrogen-bond donors (Lipinski definition) is 1. The van der Waals surface area contributed by atoms with Crippen molar-refractivity contribution in [3.8, 4) is 11.5 Å². The van der Waals surface area contributed by atoms with Gasteiger partial charge in [0.25, 0.3) is 0 Å². The van der Waals surface area contributed by atoms with Gasteiger partial charge in [0, 0.05) is 0 Å². The van der Waals surface area contributed by atoms with Crippen LogP contribution in [-0.2, 0) is 21.0 Å². The number of alkyl halides is 3. The number of ether oxygens (including phenoxy) is 2. The third-order valence-electron chi connectivity index (χ3n) is 4.43. The Bertz CT molecular complexity index is 1040. The fraction of sp³-hybridized carbons (Fsp3) is 0.350. The van der Waals surface area contributed by atoms with Gasteiger partial charge >= 0.3 is 6.18 Å². The lowest BCUT2D eigenvalue weighted by molar-refractivity contribution is -0.137. The number of halogens is 3. The largest absolute Gasteiger partial charge is 0.493 e. The van der Waals surface area contributed by atoms with E-state index in [2.05, 4.69) is 5.32 Å². The number of benzene rings is 2. The number of sulfonamides is 1. The van der Waals surface area contributed by atoms with Gasteiger partial charge in [-0.05, 0) is 42.8 Å². The second kappa shape index (κ2) is 9.46. The maximum absolute atomic E-state index is 13.0. The molecular formula is C20H23F3N2O5S. The van der Waals surface area contributed by atoms with Crippen LogP contribution >= 0.6 is 0 Å². The quantitative estimate of drug-likeness (QED) is 0.653. The Kier molecular flexibility index (Phi) is 7.42. The fourth-order valence-electron chi connectivity index (χ4n) is 2.86. The normalized spacial score (nSPS) is 12.7. The van der Waals surface area contributed by atoms with E-state index < -0.39 is 40.3 Å². The lowest BCUT2D eigenvalue weighted by Gasteiger charge is -2.24. The highest BCUT2D eigenvalue weighted by Crippen LogP contribution is 2.32. The van der Waals surface area contributed by atoms with Gasteiger partial charge in [0.2, 0.25) is 15.9 Å². The molecule has 0 aliphatic rings. The van der Waals surface area contributed by atoms with Crippen LogP contribution in [0, 0.1) is 0 Å². The highest BCUT2D eigenvalue weighted by atomic mass is 32.2. The summed E-state index contributed by atoms with van der Waals surface area (Å²) >= 11 is 0. The molecule has 170 valence electrons. The summed E-state index contributed by atoms with van der Waals surface area (Å²) in [5.74, 6) is 0.255. The molecule has 2 aromatic rings. The van der Waals surface area contributed by atoms with Crippen LogP contribution in [0.1, 0.15) is 24.1 Å². The Morgan fingerprint density at radius 1 is 1.10 bits per heavy atom. The van der Waals surface area contributed by atoms with Crippen molar-refractivity contribution in [3.63, 3.8) is 0 Å². The molecule has 0 saturated heterocycles. The maximum Gasteiger partial charge on any atom is 0.416 e. The van der Waals surface area contributed by atoms with E-state index in [1.54, 1.807) is 25.1 Å². The molecular weight excluding hydrogens is 437 g/mol. The Labute approximate surface area is 178 Å². The van der Waals surface area contributed by atoms with Crippen molar-refractivity contribution in [2.45, 2.75) is 19.1 Å². The summed E-state index contributed by atoms with van der Waals surface area (Å²) in [5, 5.41) is 2.64. The van der Waals surface area contributed by atoms with E-state index in [1.165, 1.54) is 20.3 Å². The number of anilines is 1. The number of nitrogens with one attached hydrogen (secondary N) is 1. The van der Waals surface area contributed by atoms with Crippen molar-refractivity contribution in [1.29, 1.82) is 0 Å². The summed E-state index contributed by atoms with van der Waals surface area (Å²) in [4.78, 5) is 12.5. The third kappa shape index (κ3) is 6.27. The van der Waals surface area contributed by atoms with Gasteiger partial charge in [-0.3, -0.25) is 9.10 Å². The van der Waals surface area contributed by atoms with Crippen LogP contribution in [0.3, 0.4) is 0 Å². The summed E-state index contributed by atoms with van der Waals surface area (Å²) in [6.07, 6.45) is -3.83. The molecule has 0 saturated carbocycles. The molecule has 0 fully saturated rings. The number of nitrogens with zero attached hydrogens (tertiary/aromatic N) is 1. The third-order valence-corrected chi connectivity index (χ3v) is 5.57. The maximum atomic E-state index is 13.0. The summed E-state index contributed by atoms with van der Waals surface area (Å²) < 4.78 is 74.3. The van der Waals surface area contributed by atoms with E-state index in [-0.39, 0.29) is 5.69 Å². The summed E-state index contributed by atoms with van der Waals surface area (Å²) in [5.41, 5.74) is -0.611. The molecule has 0 aliphatic heterocycles. The molecule has 1 unspecified atom stereocenters. The van der Waals surface area contributed by atoms with E-state index in [9.17, 15) is 26.4 Å². The number of carbonyl (C=O) groups is 1. The number of amides is 1. The molecule has 7 nitrogen and oxygen atoms in total. The zero-order chi connectivity index (χ0) is 23.4. The Morgan fingerprint density at radius 2 is 1.74 bits per heavy atom. The first-order valence-corrected chi connectivity index (χ1v) is 10.9. The van der Waals surface area contributed by atoms with E-state index in [0.717, 1.165) is 18.4 Å². The second-order valence-corrected chi connectivity index (χ2v) is 8.63. The topological polar surface area (TPSA) is 84.9 Å². The average molecular weight is 460 g/mol. The minimum Gasteiger partial charge on any atom is -0.493 e. The second-order valence-electron chi connectivity index (χ2n) is 6.72. The standard InChI is InChI=1S/C20H23F3N2O5S/c1-13(14-8-9-17(29-2)18(10-14)30-3)24-19(26)12-25(31(4,27)28)16-7-5-6-15(11-16)20(21,22)23/h5-11,13H,12H2,1-4H3,(H,24,26). The fourth-order valence-corrected chi connectivity index (χ4v) is 3.71. The van der Waals surface area contributed by atoms with Gasteiger partial charge in [0.15, 0.2) is 11.5 Å². The molecule has 0 aliphatic carbocycles. The Balaban J connectivity index is 2.23. The average Bonchev–Trinajstić information content (AvgIpc) is 2.70. The van der Waals surface area contributed by atoms with Crippen LogP contribution < -0.4 is 19.1 Å². The highest BCUT2D eigenvalue weighted by Gasteiger charge is 2.32. The Morgan fingerprint density at radius 3 is 2.29 bits per heavy atom. The number of methoxy groups -OCH3 is 2.